The van der Waals surface area contributed by atoms with Crippen molar-refractivity contribution in [2.75, 3.05) is 5.73 Å². The summed E-state index contributed by atoms with van der Waals surface area (Å²) < 4.78 is 7.87. The zero-order valence-corrected chi connectivity index (χ0v) is 13.4. The minimum Gasteiger partial charge on any atom is -0.456 e. The second-order valence-corrected chi connectivity index (χ2v) is 5.75. The van der Waals surface area contributed by atoms with E-state index in [1.807, 2.05) is 24.7 Å². The molecule has 3 aromatic rings. The van der Waals surface area contributed by atoms with Gasteiger partial charge in [0.2, 0.25) is 0 Å². The van der Waals surface area contributed by atoms with Crippen molar-refractivity contribution in [3.8, 4) is 11.5 Å². The lowest BCUT2D eigenvalue weighted by atomic mass is 10.1. The number of halogens is 1. The number of aromatic nitrogens is 2. The van der Waals surface area contributed by atoms with Crippen LogP contribution in [-0.2, 0) is 13.0 Å². The molecule has 2 aromatic carbocycles. The van der Waals surface area contributed by atoms with Crippen LogP contribution in [0.2, 0.25) is 5.02 Å². The number of hydrogen-bond acceptors (Lipinski definition) is 3. The summed E-state index contributed by atoms with van der Waals surface area (Å²) in [6.07, 6.45) is 7.70. The lowest BCUT2D eigenvalue weighted by Crippen LogP contribution is -1.96. The molecular weight excluding hydrogens is 310 g/mol. The molecule has 0 fully saturated rings. The first-order valence-corrected chi connectivity index (χ1v) is 7.86. The van der Waals surface area contributed by atoms with Crippen LogP contribution in [0.25, 0.3) is 0 Å². The Balaban J connectivity index is 1.56. The van der Waals surface area contributed by atoms with E-state index in [0.29, 0.717) is 16.5 Å². The normalized spacial score (nSPS) is 10.7. The molecule has 0 aliphatic rings. The van der Waals surface area contributed by atoms with E-state index in [0.717, 1.165) is 25.1 Å². The van der Waals surface area contributed by atoms with Crippen LogP contribution in [0.1, 0.15) is 12.0 Å². The Hall–Kier alpha value is -2.46. The van der Waals surface area contributed by atoms with Gasteiger partial charge in [0.15, 0.2) is 0 Å². The van der Waals surface area contributed by atoms with E-state index in [9.17, 15) is 0 Å². The average molecular weight is 328 g/mol. The number of ether oxygens (including phenoxy) is 1. The molecule has 0 radical (unpaired) electrons. The Bertz CT molecular complexity index is 754. The second-order valence-electron chi connectivity index (χ2n) is 5.34. The van der Waals surface area contributed by atoms with Crippen molar-refractivity contribution in [2.24, 2.45) is 0 Å². The van der Waals surface area contributed by atoms with Gasteiger partial charge in [-0.1, -0.05) is 23.7 Å². The standard InChI is InChI=1S/C18H18ClN3O/c19-17-12-15(20)5-8-18(17)23-16-6-3-14(4-7-16)2-1-10-22-11-9-21-13-22/h3-9,11-13H,1-2,10,20H2. The molecule has 5 heteroatoms. The molecule has 3 rings (SSSR count). The molecule has 1 heterocycles. The molecule has 0 bridgehead atoms. The van der Waals surface area contributed by atoms with E-state index in [2.05, 4.69) is 21.7 Å². The summed E-state index contributed by atoms with van der Waals surface area (Å²) >= 11 is 6.12. The number of anilines is 1. The molecule has 23 heavy (non-hydrogen) atoms. The van der Waals surface area contributed by atoms with Crippen molar-refractivity contribution in [3.05, 3.63) is 71.8 Å². The fourth-order valence-corrected chi connectivity index (χ4v) is 2.56. The number of aryl methyl sites for hydroxylation is 2. The summed E-state index contributed by atoms with van der Waals surface area (Å²) in [5, 5.41) is 0.509. The molecule has 0 aliphatic heterocycles. The van der Waals surface area contributed by atoms with E-state index in [1.165, 1.54) is 5.56 Å². The summed E-state index contributed by atoms with van der Waals surface area (Å²) in [4.78, 5) is 4.04. The lowest BCUT2D eigenvalue weighted by molar-refractivity contribution is 0.482. The highest BCUT2D eigenvalue weighted by molar-refractivity contribution is 6.32. The van der Waals surface area contributed by atoms with Crippen LogP contribution >= 0.6 is 11.6 Å². The Labute approximate surface area is 140 Å². The van der Waals surface area contributed by atoms with Crippen LogP contribution in [0.3, 0.4) is 0 Å². The zero-order chi connectivity index (χ0) is 16.1. The highest BCUT2D eigenvalue weighted by Gasteiger charge is 2.04. The van der Waals surface area contributed by atoms with Crippen molar-refractivity contribution < 1.29 is 4.74 Å². The fourth-order valence-electron chi connectivity index (χ4n) is 2.34. The maximum Gasteiger partial charge on any atom is 0.146 e. The third kappa shape index (κ3) is 4.27. The van der Waals surface area contributed by atoms with E-state index in [1.54, 1.807) is 24.4 Å². The predicted octanol–water partition coefficient (Wildman–Crippen LogP) is 4.54. The minimum absolute atomic E-state index is 0.509. The minimum atomic E-state index is 0.509. The Morgan fingerprint density at radius 1 is 1.13 bits per heavy atom. The summed E-state index contributed by atoms with van der Waals surface area (Å²) in [6, 6.07) is 13.3. The molecule has 0 unspecified atom stereocenters. The van der Waals surface area contributed by atoms with Gasteiger partial charge in [0.25, 0.3) is 0 Å². The largest absolute Gasteiger partial charge is 0.456 e. The summed E-state index contributed by atoms with van der Waals surface area (Å²) in [5.74, 6) is 1.36. The van der Waals surface area contributed by atoms with Crippen molar-refractivity contribution in [1.29, 1.82) is 0 Å². The Morgan fingerprint density at radius 3 is 2.65 bits per heavy atom. The van der Waals surface area contributed by atoms with Gasteiger partial charge in [0, 0.05) is 24.6 Å². The summed E-state index contributed by atoms with van der Waals surface area (Å²) in [6.45, 7) is 0.972. The van der Waals surface area contributed by atoms with E-state index >= 15 is 0 Å². The average Bonchev–Trinajstić information content (AvgIpc) is 3.05. The molecule has 0 saturated heterocycles. The maximum atomic E-state index is 6.12. The molecule has 0 amide bonds. The van der Waals surface area contributed by atoms with Gasteiger partial charge in [0.1, 0.15) is 11.5 Å². The number of nitrogens with two attached hydrogens (primary N) is 1. The highest BCUT2D eigenvalue weighted by atomic mass is 35.5. The molecule has 2 N–H and O–H groups in total. The van der Waals surface area contributed by atoms with Crippen LogP contribution in [0, 0.1) is 0 Å². The van der Waals surface area contributed by atoms with E-state index < -0.39 is 0 Å². The Kier molecular flexibility index (Phi) is 4.83. The van der Waals surface area contributed by atoms with Crippen molar-refractivity contribution in [1.82, 2.24) is 9.55 Å². The van der Waals surface area contributed by atoms with Crippen LogP contribution < -0.4 is 10.5 Å². The first-order chi connectivity index (χ1) is 11.2. The van der Waals surface area contributed by atoms with Crippen LogP contribution in [0.4, 0.5) is 5.69 Å². The number of benzene rings is 2. The first-order valence-electron chi connectivity index (χ1n) is 7.48. The number of rotatable bonds is 6. The molecule has 0 saturated carbocycles. The molecular formula is C18H18ClN3O. The van der Waals surface area contributed by atoms with Gasteiger partial charge in [-0.25, -0.2) is 4.98 Å². The fraction of sp³-hybridized carbons (Fsp3) is 0.167. The number of imidazole rings is 1. The number of nitrogens with zero attached hydrogens (tertiary/aromatic N) is 2. The van der Waals surface area contributed by atoms with Gasteiger partial charge in [0.05, 0.1) is 11.3 Å². The van der Waals surface area contributed by atoms with Crippen molar-refractivity contribution in [3.63, 3.8) is 0 Å². The molecule has 4 nitrogen and oxygen atoms in total. The zero-order valence-electron chi connectivity index (χ0n) is 12.7. The number of nitrogen functional groups attached to an aromatic ring is 1. The lowest BCUT2D eigenvalue weighted by Gasteiger charge is -2.09. The van der Waals surface area contributed by atoms with Crippen molar-refractivity contribution in [2.45, 2.75) is 19.4 Å². The van der Waals surface area contributed by atoms with Gasteiger partial charge >= 0.3 is 0 Å². The van der Waals surface area contributed by atoms with Gasteiger partial charge in [-0.3, -0.25) is 0 Å². The van der Waals surface area contributed by atoms with Crippen molar-refractivity contribution >= 4 is 17.3 Å². The molecule has 0 atom stereocenters. The molecule has 1 aromatic heterocycles. The topological polar surface area (TPSA) is 53.1 Å². The summed E-state index contributed by atoms with van der Waals surface area (Å²) in [5.41, 5.74) is 7.58. The first kappa shape index (κ1) is 15.4. The summed E-state index contributed by atoms with van der Waals surface area (Å²) in [7, 11) is 0. The van der Waals surface area contributed by atoms with Crippen LogP contribution in [0.5, 0.6) is 11.5 Å². The monoisotopic (exact) mass is 327 g/mol. The van der Waals surface area contributed by atoms with E-state index in [4.69, 9.17) is 22.1 Å². The van der Waals surface area contributed by atoms with Gasteiger partial charge in [-0.15, -0.1) is 0 Å². The highest BCUT2D eigenvalue weighted by Crippen LogP contribution is 2.30. The third-order valence-electron chi connectivity index (χ3n) is 3.55. The quantitative estimate of drug-likeness (QED) is 0.676. The van der Waals surface area contributed by atoms with Crippen LogP contribution in [-0.4, -0.2) is 9.55 Å². The SMILES string of the molecule is Nc1ccc(Oc2ccc(CCCn3ccnc3)cc2)c(Cl)c1. The van der Waals surface area contributed by atoms with Gasteiger partial charge in [-0.2, -0.15) is 0 Å². The molecule has 0 aliphatic carbocycles. The van der Waals surface area contributed by atoms with Gasteiger partial charge < -0.3 is 15.0 Å². The Morgan fingerprint density at radius 2 is 1.96 bits per heavy atom. The maximum absolute atomic E-state index is 6.12. The second kappa shape index (κ2) is 7.20. The predicted molar refractivity (Wildman–Crippen MR) is 92.9 cm³/mol. The third-order valence-corrected chi connectivity index (χ3v) is 3.84. The number of hydrogen-bond donors (Lipinski definition) is 1. The van der Waals surface area contributed by atoms with Crippen LogP contribution in [0.15, 0.2) is 61.2 Å². The van der Waals surface area contributed by atoms with Gasteiger partial charge in [-0.05, 0) is 48.7 Å². The molecule has 118 valence electrons. The van der Waals surface area contributed by atoms with E-state index in [-0.39, 0.29) is 0 Å². The smallest absolute Gasteiger partial charge is 0.146 e. The molecule has 0 spiro atoms.